The van der Waals surface area contributed by atoms with Crippen molar-refractivity contribution < 1.29 is 14.0 Å². The highest BCUT2D eigenvalue weighted by Crippen LogP contribution is 2.28. The van der Waals surface area contributed by atoms with E-state index in [1.165, 1.54) is 6.42 Å². The van der Waals surface area contributed by atoms with Crippen molar-refractivity contribution in [1.82, 2.24) is 9.80 Å². The lowest BCUT2D eigenvalue weighted by Crippen LogP contribution is -2.52. The third-order valence-electron chi connectivity index (χ3n) is 5.78. The molecule has 27 heavy (non-hydrogen) atoms. The molecule has 1 aromatic carbocycles. The van der Waals surface area contributed by atoms with Gasteiger partial charge in [-0.3, -0.25) is 9.59 Å². The molecule has 1 aromatic heterocycles. The quantitative estimate of drug-likeness (QED) is 0.830. The van der Waals surface area contributed by atoms with Crippen LogP contribution in [0, 0.1) is 5.92 Å². The van der Waals surface area contributed by atoms with E-state index in [1.807, 2.05) is 41.3 Å². The zero-order valence-corrected chi connectivity index (χ0v) is 15.6. The predicted molar refractivity (Wildman–Crippen MR) is 103 cm³/mol. The number of benzene rings is 1. The minimum atomic E-state index is -0.0939. The molecule has 142 valence electrons. The van der Waals surface area contributed by atoms with Crippen LogP contribution in [-0.2, 0) is 4.79 Å². The van der Waals surface area contributed by atoms with Crippen LogP contribution in [0.4, 0.5) is 0 Å². The molecule has 2 fully saturated rings. The van der Waals surface area contributed by atoms with E-state index < -0.39 is 0 Å². The maximum atomic E-state index is 13.0. The number of nitrogens with zero attached hydrogens (tertiary/aromatic N) is 2. The fourth-order valence-electron chi connectivity index (χ4n) is 4.20. The first-order chi connectivity index (χ1) is 13.2. The minimum absolute atomic E-state index is 0.0939. The minimum Gasteiger partial charge on any atom is -0.459 e. The van der Waals surface area contributed by atoms with Crippen molar-refractivity contribution >= 4 is 11.8 Å². The van der Waals surface area contributed by atoms with Gasteiger partial charge < -0.3 is 14.2 Å². The van der Waals surface area contributed by atoms with E-state index in [-0.39, 0.29) is 17.7 Å². The molecule has 2 amide bonds. The topological polar surface area (TPSA) is 53.8 Å². The van der Waals surface area contributed by atoms with Gasteiger partial charge in [0.1, 0.15) is 0 Å². The number of carbonyl (C=O) groups excluding carboxylic acids is 2. The van der Waals surface area contributed by atoms with Gasteiger partial charge in [-0.25, -0.2) is 0 Å². The molecular weight excluding hydrogens is 340 g/mol. The third-order valence-corrected chi connectivity index (χ3v) is 5.78. The van der Waals surface area contributed by atoms with Crippen molar-refractivity contribution in [3.05, 3.63) is 48.4 Å². The maximum Gasteiger partial charge on any atom is 0.290 e. The van der Waals surface area contributed by atoms with Crippen LogP contribution in [0.2, 0.25) is 0 Å². The third kappa shape index (κ3) is 3.77. The SMILES string of the molecule is O=C(c1occc1-c1ccccc1)N1CCN(C(=O)C2CCCCC2)CC1. The van der Waals surface area contributed by atoms with E-state index in [4.69, 9.17) is 4.42 Å². The number of hydrogen-bond acceptors (Lipinski definition) is 3. The number of amides is 2. The lowest BCUT2D eigenvalue weighted by molar-refractivity contribution is -0.138. The second-order valence-corrected chi connectivity index (χ2v) is 7.48. The molecule has 1 aliphatic heterocycles. The van der Waals surface area contributed by atoms with Gasteiger partial charge in [0.2, 0.25) is 5.91 Å². The van der Waals surface area contributed by atoms with E-state index in [2.05, 4.69) is 0 Å². The number of carbonyl (C=O) groups is 2. The summed E-state index contributed by atoms with van der Waals surface area (Å²) in [4.78, 5) is 29.4. The number of piperazine rings is 1. The van der Waals surface area contributed by atoms with Crippen LogP contribution in [0.25, 0.3) is 11.1 Å². The Hall–Kier alpha value is -2.56. The van der Waals surface area contributed by atoms with E-state index in [0.717, 1.165) is 36.8 Å². The van der Waals surface area contributed by atoms with Crippen molar-refractivity contribution in [1.29, 1.82) is 0 Å². The molecule has 4 rings (SSSR count). The summed E-state index contributed by atoms with van der Waals surface area (Å²) in [6.07, 6.45) is 7.18. The Morgan fingerprint density at radius 2 is 1.52 bits per heavy atom. The summed E-state index contributed by atoms with van der Waals surface area (Å²) >= 11 is 0. The number of furan rings is 1. The highest BCUT2D eigenvalue weighted by Gasteiger charge is 2.31. The van der Waals surface area contributed by atoms with Crippen molar-refractivity contribution in [3.8, 4) is 11.1 Å². The second-order valence-electron chi connectivity index (χ2n) is 7.48. The van der Waals surface area contributed by atoms with Gasteiger partial charge in [-0.15, -0.1) is 0 Å². The smallest absolute Gasteiger partial charge is 0.290 e. The molecule has 5 heteroatoms. The average Bonchev–Trinajstić information content (AvgIpc) is 3.24. The van der Waals surface area contributed by atoms with Gasteiger partial charge in [0.25, 0.3) is 5.91 Å². The van der Waals surface area contributed by atoms with Crippen molar-refractivity contribution in [2.45, 2.75) is 32.1 Å². The van der Waals surface area contributed by atoms with E-state index in [1.54, 1.807) is 11.2 Å². The van der Waals surface area contributed by atoms with Gasteiger partial charge in [-0.1, -0.05) is 49.6 Å². The van der Waals surface area contributed by atoms with Crippen LogP contribution >= 0.6 is 0 Å². The highest BCUT2D eigenvalue weighted by atomic mass is 16.3. The Labute approximate surface area is 159 Å². The maximum absolute atomic E-state index is 13.0. The van der Waals surface area contributed by atoms with Gasteiger partial charge >= 0.3 is 0 Å². The lowest BCUT2D eigenvalue weighted by atomic mass is 9.88. The van der Waals surface area contributed by atoms with E-state index in [9.17, 15) is 9.59 Å². The lowest BCUT2D eigenvalue weighted by Gasteiger charge is -2.37. The molecule has 2 heterocycles. The summed E-state index contributed by atoms with van der Waals surface area (Å²) in [5.74, 6) is 0.761. The predicted octanol–water partition coefficient (Wildman–Crippen LogP) is 3.81. The van der Waals surface area contributed by atoms with Gasteiger partial charge in [-0.05, 0) is 24.5 Å². The van der Waals surface area contributed by atoms with Crippen molar-refractivity contribution in [2.75, 3.05) is 26.2 Å². The summed E-state index contributed by atoms with van der Waals surface area (Å²) in [7, 11) is 0. The normalized spacial score (nSPS) is 18.5. The van der Waals surface area contributed by atoms with Gasteiger partial charge in [0.05, 0.1) is 6.26 Å². The Bertz CT molecular complexity index is 785. The molecular formula is C22H26N2O3. The van der Waals surface area contributed by atoms with Gasteiger partial charge in [0.15, 0.2) is 5.76 Å². The monoisotopic (exact) mass is 366 g/mol. The fourth-order valence-corrected chi connectivity index (χ4v) is 4.20. The van der Waals surface area contributed by atoms with Crippen LogP contribution < -0.4 is 0 Å². The summed E-state index contributed by atoms with van der Waals surface area (Å²) in [6, 6.07) is 11.6. The first-order valence-corrected chi connectivity index (χ1v) is 9.95. The summed E-state index contributed by atoms with van der Waals surface area (Å²) in [5.41, 5.74) is 1.79. The van der Waals surface area contributed by atoms with Crippen LogP contribution in [0.5, 0.6) is 0 Å². The zero-order valence-electron chi connectivity index (χ0n) is 15.6. The largest absolute Gasteiger partial charge is 0.459 e. The molecule has 0 atom stereocenters. The van der Waals surface area contributed by atoms with Crippen LogP contribution in [0.1, 0.15) is 42.7 Å². The van der Waals surface area contributed by atoms with Crippen molar-refractivity contribution in [3.63, 3.8) is 0 Å². The summed E-state index contributed by atoms with van der Waals surface area (Å²) in [5, 5.41) is 0. The second kappa shape index (κ2) is 7.99. The molecule has 0 spiro atoms. The Morgan fingerprint density at radius 3 is 2.22 bits per heavy atom. The number of rotatable bonds is 3. The molecule has 2 aliphatic rings. The van der Waals surface area contributed by atoms with E-state index >= 15 is 0 Å². The van der Waals surface area contributed by atoms with E-state index in [0.29, 0.717) is 31.9 Å². The standard InChI is InChI=1S/C22H26N2O3/c25-21(18-9-5-2-6-10-18)23-12-14-24(15-13-23)22(26)20-19(11-16-27-20)17-7-3-1-4-8-17/h1,3-4,7-8,11,16,18H,2,5-6,9-10,12-15H2. The average molecular weight is 366 g/mol. The summed E-state index contributed by atoms with van der Waals surface area (Å²) in [6.45, 7) is 2.35. The fraction of sp³-hybridized carbons (Fsp3) is 0.455. The molecule has 0 unspecified atom stereocenters. The first kappa shape index (κ1) is 17.8. The molecule has 1 aliphatic carbocycles. The molecule has 2 aromatic rings. The Kier molecular flexibility index (Phi) is 5.28. The Balaban J connectivity index is 1.40. The Morgan fingerprint density at radius 1 is 0.852 bits per heavy atom. The van der Waals surface area contributed by atoms with Gasteiger partial charge in [-0.2, -0.15) is 0 Å². The zero-order chi connectivity index (χ0) is 18.6. The van der Waals surface area contributed by atoms with Crippen LogP contribution in [-0.4, -0.2) is 47.8 Å². The molecule has 0 radical (unpaired) electrons. The molecule has 0 bridgehead atoms. The summed E-state index contributed by atoms with van der Waals surface area (Å²) < 4.78 is 5.53. The van der Waals surface area contributed by atoms with Crippen molar-refractivity contribution in [2.24, 2.45) is 5.92 Å². The molecule has 0 N–H and O–H groups in total. The number of hydrogen-bond donors (Lipinski definition) is 0. The van der Waals surface area contributed by atoms with Gasteiger partial charge in [0, 0.05) is 37.7 Å². The molecule has 1 saturated heterocycles. The van der Waals surface area contributed by atoms with Crippen LogP contribution in [0.15, 0.2) is 47.1 Å². The highest BCUT2D eigenvalue weighted by molar-refractivity contribution is 5.98. The van der Waals surface area contributed by atoms with Crippen LogP contribution in [0.3, 0.4) is 0 Å². The molecule has 1 saturated carbocycles. The first-order valence-electron chi connectivity index (χ1n) is 9.95. The molecule has 5 nitrogen and oxygen atoms in total.